The molecule has 0 amide bonds. The Hall–Kier alpha value is -1.82. The second-order valence-corrected chi connectivity index (χ2v) is 14.5. The van der Waals surface area contributed by atoms with Crippen molar-refractivity contribution in [3.63, 3.8) is 0 Å². The molecule has 3 aromatic rings. The number of rotatable bonds is 19. The molecular weight excluding hydrogens is 503 g/mol. The normalized spacial score (nSPS) is 11.3. The fourth-order valence-electron chi connectivity index (χ4n) is 5.61. The number of hydrogen-bond acceptors (Lipinski definition) is 1. The SMILES string of the molecule is CCCCCCCCCCCCCCCC[P+](Cc1ccccc1O)(c1ccccc1)c1ccccc1.[Cl-]. The monoisotopic (exact) mass is 552 g/mol. The van der Waals surface area contributed by atoms with Crippen LogP contribution in [0.5, 0.6) is 5.75 Å². The van der Waals surface area contributed by atoms with E-state index in [4.69, 9.17) is 0 Å². The summed E-state index contributed by atoms with van der Waals surface area (Å²) < 4.78 is 0. The van der Waals surface area contributed by atoms with Crippen LogP contribution in [0.3, 0.4) is 0 Å². The molecule has 0 spiro atoms. The molecule has 208 valence electrons. The van der Waals surface area contributed by atoms with Crippen molar-refractivity contribution in [2.75, 3.05) is 6.16 Å². The van der Waals surface area contributed by atoms with Crippen LogP contribution < -0.4 is 23.0 Å². The second-order valence-electron chi connectivity index (χ2n) is 10.7. The summed E-state index contributed by atoms with van der Waals surface area (Å²) in [6.07, 6.45) is 21.6. The van der Waals surface area contributed by atoms with Gasteiger partial charge in [0, 0.05) is 5.56 Å². The lowest BCUT2D eigenvalue weighted by Crippen LogP contribution is -3.00. The third-order valence-electron chi connectivity index (χ3n) is 7.83. The molecule has 0 saturated carbocycles. The van der Waals surface area contributed by atoms with Crippen LogP contribution in [0.2, 0.25) is 0 Å². The van der Waals surface area contributed by atoms with Gasteiger partial charge in [-0.15, -0.1) is 0 Å². The molecule has 3 aromatic carbocycles. The van der Waals surface area contributed by atoms with Crippen LogP contribution in [0.15, 0.2) is 84.9 Å². The summed E-state index contributed by atoms with van der Waals surface area (Å²) in [5.41, 5.74) is 1.08. The van der Waals surface area contributed by atoms with Crippen LogP contribution in [-0.4, -0.2) is 11.3 Å². The zero-order chi connectivity index (χ0) is 26.0. The molecule has 0 heterocycles. The molecule has 3 heteroatoms. The first kappa shape index (κ1) is 32.4. The van der Waals surface area contributed by atoms with Crippen LogP contribution in [-0.2, 0) is 6.16 Å². The van der Waals surface area contributed by atoms with Crippen molar-refractivity contribution < 1.29 is 17.5 Å². The van der Waals surface area contributed by atoms with Gasteiger partial charge in [-0.05, 0) is 43.2 Å². The minimum atomic E-state index is -1.69. The topological polar surface area (TPSA) is 20.2 Å². The van der Waals surface area contributed by atoms with E-state index in [1.54, 1.807) is 0 Å². The second kappa shape index (κ2) is 19.3. The number of benzene rings is 3. The molecular formula is C35H50ClOP. The van der Waals surface area contributed by atoms with E-state index in [1.807, 2.05) is 12.1 Å². The molecule has 3 rings (SSSR count). The summed E-state index contributed by atoms with van der Waals surface area (Å²) in [5.74, 6) is 0.430. The van der Waals surface area contributed by atoms with Crippen molar-refractivity contribution in [1.29, 1.82) is 0 Å². The minimum Gasteiger partial charge on any atom is -1.00 e. The van der Waals surface area contributed by atoms with E-state index < -0.39 is 7.26 Å². The number of phenols is 1. The zero-order valence-electron chi connectivity index (χ0n) is 23.7. The Morgan fingerprint density at radius 3 is 1.34 bits per heavy atom. The molecule has 0 unspecified atom stereocenters. The maximum atomic E-state index is 10.7. The molecule has 0 aromatic heterocycles. The van der Waals surface area contributed by atoms with Gasteiger partial charge >= 0.3 is 0 Å². The first-order valence-corrected chi connectivity index (χ1v) is 17.2. The standard InChI is InChI=1S/C35H49OP.ClH/c1-2-3-4-5-6-7-8-9-10-11-12-13-14-23-30-37(33-25-17-15-18-26-33,34-27-19-16-20-28-34)31-32-24-21-22-29-35(32)36;/h15-22,24-29H,2-14,23,30-31H2,1H3;1H. The van der Waals surface area contributed by atoms with Crippen LogP contribution in [0.25, 0.3) is 0 Å². The van der Waals surface area contributed by atoms with Gasteiger partial charge in [-0.1, -0.05) is 139 Å². The Balaban J connectivity index is 0.00000507. The van der Waals surface area contributed by atoms with Gasteiger partial charge in [-0.3, -0.25) is 0 Å². The molecule has 0 aliphatic heterocycles. The van der Waals surface area contributed by atoms with Crippen LogP contribution >= 0.6 is 7.26 Å². The fourth-order valence-corrected chi connectivity index (χ4v) is 10.0. The van der Waals surface area contributed by atoms with Crippen molar-refractivity contribution in [3.05, 3.63) is 90.5 Å². The number of para-hydroxylation sites is 1. The lowest BCUT2D eigenvalue weighted by Gasteiger charge is -2.28. The molecule has 0 atom stereocenters. The Morgan fingerprint density at radius 1 is 0.500 bits per heavy atom. The number of phenolic OH excluding ortho intramolecular Hbond substituents is 1. The molecule has 1 N–H and O–H groups in total. The predicted molar refractivity (Wildman–Crippen MR) is 166 cm³/mol. The highest BCUT2D eigenvalue weighted by Crippen LogP contribution is 2.60. The van der Waals surface area contributed by atoms with E-state index >= 15 is 0 Å². The van der Waals surface area contributed by atoms with E-state index in [0.29, 0.717) is 5.75 Å². The highest BCUT2D eigenvalue weighted by Gasteiger charge is 2.42. The van der Waals surface area contributed by atoms with Crippen LogP contribution in [0.1, 0.15) is 102 Å². The van der Waals surface area contributed by atoms with E-state index in [1.165, 1.54) is 107 Å². The van der Waals surface area contributed by atoms with Crippen molar-refractivity contribution in [2.45, 2.75) is 103 Å². The molecule has 1 nitrogen and oxygen atoms in total. The van der Waals surface area contributed by atoms with Gasteiger partial charge < -0.3 is 17.5 Å². The molecule has 38 heavy (non-hydrogen) atoms. The highest BCUT2D eigenvalue weighted by atomic mass is 35.5. The van der Waals surface area contributed by atoms with E-state index in [9.17, 15) is 5.11 Å². The molecule has 0 aliphatic carbocycles. The Morgan fingerprint density at radius 2 is 0.895 bits per heavy atom. The molecule has 0 radical (unpaired) electrons. The summed E-state index contributed by atoms with van der Waals surface area (Å²) in [6, 6.07) is 30.2. The summed E-state index contributed by atoms with van der Waals surface area (Å²) >= 11 is 0. The van der Waals surface area contributed by atoms with Crippen molar-refractivity contribution in [2.24, 2.45) is 0 Å². The highest BCUT2D eigenvalue weighted by molar-refractivity contribution is 7.88. The lowest BCUT2D eigenvalue weighted by atomic mass is 10.0. The molecule has 0 fully saturated rings. The lowest BCUT2D eigenvalue weighted by molar-refractivity contribution is -0.00000865. The average molecular weight is 553 g/mol. The average Bonchev–Trinajstić information content (AvgIpc) is 2.94. The van der Waals surface area contributed by atoms with Gasteiger partial charge in [0.15, 0.2) is 0 Å². The van der Waals surface area contributed by atoms with E-state index in [0.717, 1.165) is 11.7 Å². The summed E-state index contributed by atoms with van der Waals surface area (Å²) in [7, 11) is -1.69. The number of aromatic hydroxyl groups is 1. The van der Waals surface area contributed by atoms with Crippen LogP contribution in [0.4, 0.5) is 0 Å². The quantitative estimate of drug-likeness (QED) is 0.125. The number of hydrogen-bond donors (Lipinski definition) is 1. The third kappa shape index (κ3) is 10.7. The maximum Gasteiger partial charge on any atom is 0.122 e. The first-order valence-electron chi connectivity index (χ1n) is 15.0. The smallest absolute Gasteiger partial charge is 0.122 e. The van der Waals surface area contributed by atoms with Gasteiger partial charge in [0.25, 0.3) is 0 Å². The molecule has 0 bridgehead atoms. The van der Waals surface area contributed by atoms with Gasteiger partial charge in [0.2, 0.25) is 0 Å². The van der Waals surface area contributed by atoms with E-state index in [-0.39, 0.29) is 12.4 Å². The molecule has 0 saturated heterocycles. The predicted octanol–water partition coefficient (Wildman–Crippen LogP) is 7.05. The van der Waals surface area contributed by atoms with Gasteiger partial charge in [0.1, 0.15) is 5.75 Å². The number of unbranched alkanes of at least 4 members (excludes halogenated alkanes) is 13. The Bertz CT molecular complexity index is 936. The Kier molecular flexibility index (Phi) is 16.4. The zero-order valence-corrected chi connectivity index (χ0v) is 25.3. The largest absolute Gasteiger partial charge is 1.00 e. The Labute approximate surface area is 240 Å². The van der Waals surface area contributed by atoms with E-state index in [2.05, 4.69) is 79.7 Å². The van der Waals surface area contributed by atoms with Gasteiger partial charge in [-0.25, -0.2) is 0 Å². The van der Waals surface area contributed by atoms with Gasteiger partial charge in [-0.2, -0.15) is 0 Å². The summed E-state index contributed by atoms with van der Waals surface area (Å²) in [6.45, 7) is 2.29. The van der Waals surface area contributed by atoms with Crippen molar-refractivity contribution in [1.82, 2.24) is 0 Å². The molecule has 0 aliphatic rings. The van der Waals surface area contributed by atoms with Crippen LogP contribution in [0, 0.1) is 0 Å². The van der Waals surface area contributed by atoms with Gasteiger partial charge in [0.05, 0.1) is 30.2 Å². The summed E-state index contributed by atoms with van der Waals surface area (Å²) in [4.78, 5) is 0. The van der Waals surface area contributed by atoms with Crippen molar-refractivity contribution >= 4 is 17.9 Å². The van der Waals surface area contributed by atoms with Crippen molar-refractivity contribution in [3.8, 4) is 5.75 Å². The maximum absolute atomic E-state index is 10.7. The third-order valence-corrected chi connectivity index (χ3v) is 12.4. The minimum absolute atomic E-state index is 0. The fraction of sp³-hybridized carbons (Fsp3) is 0.486. The number of halogens is 1. The first-order chi connectivity index (χ1) is 18.3. The summed E-state index contributed by atoms with van der Waals surface area (Å²) in [5, 5.41) is 13.6.